The molecule has 0 bridgehead atoms. The second-order valence-corrected chi connectivity index (χ2v) is 28.1. The third-order valence-corrected chi connectivity index (χ3v) is 18.7. The number of hydrogen-bond donors (Lipinski definition) is 0. The molecule has 0 spiro atoms. The summed E-state index contributed by atoms with van der Waals surface area (Å²) in [4.78, 5) is 3.47. The summed E-state index contributed by atoms with van der Waals surface area (Å²) in [6.07, 6.45) is 0. The van der Waals surface area contributed by atoms with E-state index < -0.39 is 78.2 Å². The third-order valence-electron chi connectivity index (χ3n) is 16.7. The van der Waals surface area contributed by atoms with Crippen LogP contribution in [0.4, 0.5) is 0 Å². The predicted octanol–water partition coefficient (Wildman–Crippen LogP) is 2.82. The Hall–Kier alpha value is -2.82. The number of quaternary nitrogens is 6. The molecule has 90 heavy (non-hydrogen) atoms. The molecule has 0 atom stereocenters. The van der Waals surface area contributed by atoms with Gasteiger partial charge in [0.05, 0.1) is 157 Å². The molecular formula is C54H120Mn6N12O18. The predicted molar refractivity (Wildman–Crippen MR) is 296 cm³/mol. The molecule has 0 fully saturated rings. The van der Waals surface area contributed by atoms with Crippen LogP contribution in [0.3, 0.4) is 0 Å². The Morgan fingerprint density at radius 2 is 0.211 bits per heavy atom. The van der Waals surface area contributed by atoms with E-state index in [9.17, 15) is 0 Å². The van der Waals surface area contributed by atoms with Gasteiger partial charge in [-0.05, 0) is 166 Å². The van der Waals surface area contributed by atoms with Crippen molar-refractivity contribution < 1.29 is 176 Å². The average Bonchev–Trinajstić information content (AvgIpc) is 3.53. The van der Waals surface area contributed by atoms with Crippen molar-refractivity contribution in [1.29, 1.82) is 31.6 Å². The minimum absolute atomic E-state index is 0.578. The van der Waals surface area contributed by atoms with E-state index in [1.54, 1.807) is 0 Å². The molecule has 0 saturated carbocycles. The van der Waals surface area contributed by atoms with Crippen molar-refractivity contribution >= 4 is 0 Å². The van der Waals surface area contributed by atoms with Crippen molar-refractivity contribution in [3.05, 3.63) is 0 Å². The summed E-state index contributed by atoms with van der Waals surface area (Å²) < 4.78 is 172. The molecular weight excluding hydrogens is 1430 g/mol. The van der Waals surface area contributed by atoms with Crippen LogP contribution in [0, 0.1) is 61.4 Å². The maximum absolute atomic E-state index is 9.14. The monoisotopic (exact) mass is 1550 g/mol. The molecule has 0 heterocycles. The van der Waals surface area contributed by atoms with Crippen LogP contribution in [-0.4, -0.2) is 184 Å². The second kappa shape index (κ2) is 63.6. The first-order chi connectivity index (χ1) is 40.8. The van der Waals surface area contributed by atoms with E-state index in [0.717, 1.165) is 0 Å². The van der Waals surface area contributed by atoms with Crippen LogP contribution < -0.4 is 25.1 Å². The zero-order valence-corrected chi connectivity index (χ0v) is 66.0. The van der Waals surface area contributed by atoms with Gasteiger partial charge in [-0.25, -0.2) is 0 Å². The van der Waals surface area contributed by atoms with E-state index >= 15 is 0 Å². The van der Waals surface area contributed by atoms with Gasteiger partial charge < -0.3 is 26.9 Å². The van der Waals surface area contributed by atoms with Gasteiger partial charge in [-0.15, -0.1) is 0 Å². The fourth-order valence-corrected chi connectivity index (χ4v) is 8.05. The standard InChI is InChI=1S/6C8H20N.6CN.6Mn.18O/c6*1-5-9(6-2,7-3)8-4;6*1-2;;;;;;;;;;;;;;;;;;;;;;;;/h6*5-8H2,1-4H3;;;;;;;;;;;;;;;;;;;;;;;;;;;;;;/q6*+1;;;;;;;;;;;;;;;;;;;;;;;;;6*-1. The van der Waals surface area contributed by atoms with Crippen LogP contribution in [0.2, 0.25) is 0 Å². The van der Waals surface area contributed by atoms with E-state index in [1.165, 1.54) is 184 Å². The molecule has 0 N–H and O–H groups in total. The van der Waals surface area contributed by atoms with Crippen molar-refractivity contribution in [2.75, 3.05) is 157 Å². The number of hydrogen-bond acceptors (Lipinski definition) is 24. The van der Waals surface area contributed by atoms with E-state index in [2.05, 4.69) is 166 Å². The fourth-order valence-electron chi connectivity index (χ4n) is 8.05. The summed E-state index contributed by atoms with van der Waals surface area (Å²) in [7, 11) is 0. The average molecular weight is 1560 g/mol. The molecule has 546 valence electrons. The Morgan fingerprint density at radius 3 is 0.211 bits per heavy atom. The topological polar surface area (TPSA) is 486 Å². The van der Waals surface area contributed by atoms with Crippen LogP contribution in [-0.2, 0) is 124 Å². The molecule has 0 aliphatic heterocycles. The van der Waals surface area contributed by atoms with Gasteiger partial charge in [0, 0.05) is 0 Å². The van der Waals surface area contributed by atoms with E-state index in [-0.39, 0.29) is 0 Å². The summed E-state index contributed by atoms with van der Waals surface area (Å²) in [5.41, 5.74) is 0. The van der Waals surface area contributed by atoms with Gasteiger partial charge in [0.25, 0.3) is 0 Å². The van der Waals surface area contributed by atoms with Gasteiger partial charge in [-0.3, -0.25) is 0 Å². The molecule has 0 rings (SSSR count). The van der Waals surface area contributed by atoms with Crippen LogP contribution in [0.15, 0.2) is 0 Å². The molecule has 30 nitrogen and oxygen atoms in total. The van der Waals surface area contributed by atoms with Crippen LogP contribution in [0.5, 0.6) is 0 Å². The first-order valence-electron chi connectivity index (χ1n) is 29.8. The summed E-state index contributed by atoms with van der Waals surface area (Å²) in [5.74, 6) is 0. The molecule has 0 unspecified atom stereocenters. The van der Waals surface area contributed by atoms with E-state index in [1.807, 2.05) is 0 Å². The van der Waals surface area contributed by atoms with E-state index in [0.29, 0.717) is 29.8 Å². The zero-order chi connectivity index (χ0) is 75.2. The molecule has 0 amide bonds. The summed E-state index contributed by atoms with van der Waals surface area (Å²) >= 11 is -30.5. The minimum atomic E-state index is -5.09. The van der Waals surface area contributed by atoms with Gasteiger partial charge >= 0.3 is 211 Å². The fraction of sp³-hybridized carbons (Fsp3) is 0.889. The molecule has 0 aliphatic carbocycles. The molecule has 0 aliphatic rings. The van der Waals surface area contributed by atoms with Crippen molar-refractivity contribution in [1.82, 2.24) is 0 Å². The Morgan fingerprint density at radius 1 is 0.178 bits per heavy atom. The van der Waals surface area contributed by atoms with Gasteiger partial charge in [-0.1, -0.05) is 0 Å². The van der Waals surface area contributed by atoms with Crippen molar-refractivity contribution in [3.63, 3.8) is 0 Å². The summed E-state index contributed by atoms with van der Waals surface area (Å²) in [6.45, 7) is 85.3. The maximum atomic E-state index is 9.14. The molecule has 36 heteroatoms. The summed E-state index contributed by atoms with van der Waals surface area (Å²) in [6, 6.07) is 0. The van der Waals surface area contributed by atoms with Crippen LogP contribution >= 0.6 is 0 Å². The van der Waals surface area contributed by atoms with Crippen LogP contribution in [0.25, 0.3) is 0 Å². The number of rotatable bonds is 24. The Labute approximate surface area is 556 Å². The number of nitriles is 6. The van der Waals surface area contributed by atoms with Gasteiger partial charge in [0.2, 0.25) is 0 Å². The first kappa shape index (κ1) is 115. The normalized spacial score (nSPS) is 11.2. The zero-order valence-electron chi connectivity index (χ0n) is 59.0. The van der Waals surface area contributed by atoms with Gasteiger partial charge in [0.1, 0.15) is 0 Å². The van der Waals surface area contributed by atoms with Crippen LogP contribution in [0.1, 0.15) is 166 Å². The van der Waals surface area contributed by atoms with Gasteiger partial charge in [-0.2, -0.15) is 0 Å². The van der Waals surface area contributed by atoms with Crippen molar-refractivity contribution in [2.45, 2.75) is 166 Å². The Balaban J connectivity index is -0.0000000741. The number of nitrogens with zero attached hydrogens (tertiary/aromatic N) is 12. The summed E-state index contributed by atoms with van der Waals surface area (Å²) in [5, 5.41) is 43.7. The molecule has 0 radical (unpaired) electrons. The molecule has 0 aromatic heterocycles. The molecule has 0 aromatic carbocycles. The molecule has 0 aromatic rings. The quantitative estimate of drug-likeness (QED) is 0.0990. The second-order valence-electron chi connectivity index (χ2n) is 18.7. The van der Waals surface area contributed by atoms with Gasteiger partial charge in [0.15, 0.2) is 0 Å². The molecule has 0 saturated heterocycles. The SMILES string of the molecule is CC[N+](CC)(CC)CC.CC[N+](CC)(CC)CC.CC[N+](CC)(CC)CC.CC[N+](CC)(CC)CC.CC[N+](CC)(CC)CC.CC[N+](CC)(CC)CC.N#[C][Mn](=[O])(=[O])[O-].N#[C][Mn](=[O])(=[O])[O-].N#[C][Mn](=[O])(=[O])[O-].N#[C][Mn](=[O])(=[O])[O-].N#[C][Mn](=[O])(=[O])[O-].N#[C][Mn](=[O])(=[O])[O-]. The Kier molecular flexibility index (Phi) is 80.9. The van der Waals surface area contributed by atoms with Crippen molar-refractivity contribution in [2.24, 2.45) is 0 Å². The Bertz CT molecular complexity index is 2110. The first-order valence-corrected chi connectivity index (χ1v) is 42.0. The third kappa shape index (κ3) is 79.4. The van der Waals surface area contributed by atoms with E-state index in [4.69, 9.17) is 103 Å². The van der Waals surface area contributed by atoms with Crippen molar-refractivity contribution in [3.8, 4) is 29.8 Å².